The van der Waals surface area contributed by atoms with Gasteiger partial charge in [-0.05, 0) is 29.8 Å². The number of rotatable bonds is 6. The number of aromatic nitrogens is 3. The van der Waals surface area contributed by atoms with E-state index in [0.717, 1.165) is 40.4 Å². The summed E-state index contributed by atoms with van der Waals surface area (Å²) < 4.78 is 43.3. The highest BCUT2D eigenvalue weighted by Crippen LogP contribution is 2.34. The Labute approximate surface area is 213 Å². The molecule has 0 bridgehead atoms. The second-order valence-electron chi connectivity index (χ2n) is 8.19. The molecule has 13 heteroatoms. The Hall–Kier alpha value is -3.97. The molecule has 5 rings (SSSR count). The summed E-state index contributed by atoms with van der Waals surface area (Å²) in [6.07, 6.45) is -1.03. The number of morpholine rings is 1. The first kappa shape index (κ1) is 24.7. The van der Waals surface area contributed by atoms with Crippen molar-refractivity contribution in [2.75, 3.05) is 48.4 Å². The van der Waals surface area contributed by atoms with Crippen molar-refractivity contribution in [2.24, 2.45) is 0 Å². The molecule has 0 unspecified atom stereocenters. The lowest BCUT2D eigenvalue weighted by Crippen LogP contribution is -2.36. The minimum Gasteiger partial charge on any atom is -0.378 e. The van der Waals surface area contributed by atoms with Crippen molar-refractivity contribution in [3.63, 3.8) is 0 Å². The fraction of sp³-hybridized carbons (Fsp3) is 0.250. The number of hydrogen-bond donors (Lipinski definition) is 3. The number of nitrogens with one attached hydrogen (secondary N) is 3. The van der Waals surface area contributed by atoms with Crippen LogP contribution in [0.25, 0.3) is 21.3 Å². The van der Waals surface area contributed by atoms with Crippen LogP contribution in [0.3, 0.4) is 0 Å². The first-order valence-electron chi connectivity index (χ1n) is 11.4. The zero-order valence-corrected chi connectivity index (χ0v) is 20.2. The van der Waals surface area contributed by atoms with Gasteiger partial charge in [0, 0.05) is 29.7 Å². The van der Waals surface area contributed by atoms with Crippen molar-refractivity contribution in [1.82, 2.24) is 20.3 Å². The quantitative estimate of drug-likeness (QED) is 0.322. The topological polar surface area (TPSA) is 104 Å². The summed E-state index contributed by atoms with van der Waals surface area (Å²) in [4.78, 5) is 27.6. The summed E-state index contributed by atoms with van der Waals surface area (Å²) in [6.45, 7) is 1.56. The van der Waals surface area contributed by atoms with Crippen molar-refractivity contribution in [1.29, 1.82) is 0 Å². The number of ether oxygens (including phenoxy) is 1. The lowest BCUT2D eigenvalue weighted by molar-refractivity contribution is -0.122. The molecule has 1 aliphatic heterocycles. The van der Waals surface area contributed by atoms with E-state index in [9.17, 15) is 18.0 Å². The third-order valence-electron chi connectivity index (χ3n) is 5.53. The average Bonchev–Trinajstić information content (AvgIpc) is 3.32. The van der Waals surface area contributed by atoms with Gasteiger partial charge in [-0.25, -0.2) is 19.7 Å². The zero-order valence-electron chi connectivity index (χ0n) is 19.4. The number of carbonyl (C=O) groups excluding carboxylic acids is 1. The SMILES string of the molecule is O=C(NCC(F)(F)F)Nc1cccc(-c2csc3cnc(Nc4ccc(N5CCOCC5)nc4)nc23)c1. The number of halogens is 3. The molecule has 3 N–H and O–H groups in total. The molecule has 0 aliphatic carbocycles. The monoisotopic (exact) mass is 529 g/mol. The van der Waals surface area contributed by atoms with Crippen molar-refractivity contribution >= 4 is 50.7 Å². The number of nitrogens with zero attached hydrogens (tertiary/aromatic N) is 4. The molecule has 1 saturated heterocycles. The van der Waals surface area contributed by atoms with Crippen LogP contribution in [0.15, 0.2) is 54.2 Å². The van der Waals surface area contributed by atoms with Gasteiger partial charge in [-0.2, -0.15) is 13.2 Å². The molecule has 0 spiro atoms. The standard InChI is InChI=1S/C24H22F3N7O2S/c25-24(26,27)14-30-23(35)32-16-3-1-2-15(10-16)18-13-37-19-12-29-22(33-21(18)19)31-17-4-5-20(28-11-17)34-6-8-36-9-7-34/h1-5,10-13H,6-9,14H2,(H,29,31,33)(H2,30,32,35). The summed E-state index contributed by atoms with van der Waals surface area (Å²) in [6, 6.07) is 9.74. The number of anilines is 4. The van der Waals surface area contributed by atoms with Crippen LogP contribution in [-0.2, 0) is 4.74 Å². The maximum absolute atomic E-state index is 12.4. The smallest absolute Gasteiger partial charge is 0.378 e. The van der Waals surface area contributed by atoms with Crippen LogP contribution >= 0.6 is 11.3 Å². The molecular formula is C24H22F3N7O2S. The summed E-state index contributed by atoms with van der Waals surface area (Å²) in [5, 5.41) is 9.32. The number of hydrogen-bond acceptors (Lipinski definition) is 8. The maximum Gasteiger partial charge on any atom is 0.405 e. The summed E-state index contributed by atoms with van der Waals surface area (Å²) in [5.74, 6) is 1.28. The van der Waals surface area contributed by atoms with Gasteiger partial charge in [-0.1, -0.05) is 12.1 Å². The van der Waals surface area contributed by atoms with Gasteiger partial charge in [0.25, 0.3) is 0 Å². The Balaban J connectivity index is 1.31. The lowest BCUT2D eigenvalue weighted by Gasteiger charge is -2.27. The van der Waals surface area contributed by atoms with Crippen LogP contribution in [0.1, 0.15) is 0 Å². The van der Waals surface area contributed by atoms with Gasteiger partial charge in [0.2, 0.25) is 5.95 Å². The van der Waals surface area contributed by atoms with E-state index in [4.69, 9.17) is 4.74 Å². The predicted octanol–water partition coefficient (Wildman–Crippen LogP) is 5.02. The Morgan fingerprint density at radius 2 is 1.92 bits per heavy atom. The Kier molecular flexibility index (Phi) is 7.06. The van der Waals surface area contributed by atoms with Gasteiger partial charge in [0.05, 0.1) is 41.5 Å². The molecule has 3 aromatic heterocycles. The van der Waals surface area contributed by atoms with E-state index in [-0.39, 0.29) is 0 Å². The number of benzene rings is 1. The molecule has 2 amide bonds. The number of amides is 2. The highest BCUT2D eigenvalue weighted by Gasteiger charge is 2.27. The van der Waals surface area contributed by atoms with Gasteiger partial charge in [0.15, 0.2) is 0 Å². The van der Waals surface area contributed by atoms with Crippen LogP contribution in [0.5, 0.6) is 0 Å². The van der Waals surface area contributed by atoms with E-state index in [2.05, 4.69) is 30.5 Å². The largest absolute Gasteiger partial charge is 0.405 e. The van der Waals surface area contributed by atoms with E-state index in [1.54, 1.807) is 35.9 Å². The summed E-state index contributed by atoms with van der Waals surface area (Å²) in [5.41, 5.74) is 3.37. The average molecular weight is 530 g/mol. The van der Waals surface area contributed by atoms with Crippen LogP contribution < -0.4 is 20.9 Å². The number of alkyl halides is 3. The molecule has 192 valence electrons. The second kappa shape index (κ2) is 10.6. The van der Waals surface area contributed by atoms with Crippen molar-refractivity contribution in [3.05, 3.63) is 54.2 Å². The first-order valence-corrected chi connectivity index (χ1v) is 12.2. The van der Waals surface area contributed by atoms with E-state index < -0.39 is 18.8 Å². The molecule has 9 nitrogen and oxygen atoms in total. The van der Waals surface area contributed by atoms with Crippen molar-refractivity contribution in [2.45, 2.75) is 6.18 Å². The molecule has 1 fully saturated rings. The van der Waals surface area contributed by atoms with E-state index >= 15 is 0 Å². The van der Waals surface area contributed by atoms with Crippen LogP contribution in [0.4, 0.5) is 41.1 Å². The zero-order chi connectivity index (χ0) is 25.8. The molecule has 0 saturated carbocycles. The van der Waals surface area contributed by atoms with Gasteiger partial charge in [-0.3, -0.25) is 0 Å². The van der Waals surface area contributed by atoms with E-state index in [1.807, 2.05) is 23.6 Å². The first-order chi connectivity index (χ1) is 17.8. The van der Waals surface area contributed by atoms with Crippen LogP contribution in [0, 0.1) is 0 Å². The molecule has 1 aliphatic rings. The minimum absolute atomic E-state index is 0.357. The molecular weight excluding hydrogens is 507 g/mol. The highest BCUT2D eigenvalue weighted by atomic mass is 32.1. The minimum atomic E-state index is -4.49. The van der Waals surface area contributed by atoms with Gasteiger partial charge >= 0.3 is 12.2 Å². The molecule has 0 radical (unpaired) electrons. The summed E-state index contributed by atoms with van der Waals surface area (Å²) >= 11 is 1.47. The number of urea groups is 1. The fourth-order valence-corrected chi connectivity index (χ4v) is 4.66. The number of thiophene rings is 1. The number of pyridine rings is 1. The molecule has 4 heterocycles. The van der Waals surface area contributed by atoms with E-state index in [1.165, 1.54) is 11.3 Å². The normalized spacial score (nSPS) is 14.0. The van der Waals surface area contributed by atoms with Gasteiger partial charge in [0.1, 0.15) is 12.4 Å². The highest BCUT2D eigenvalue weighted by molar-refractivity contribution is 7.17. The van der Waals surface area contributed by atoms with E-state index in [0.29, 0.717) is 30.4 Å². The van der Waals surface area contributed by atoms with Crippen LogP contribution in [-0.4, -0.2) is 60.0 Å². The molecule has 1 aromatic carbocycles. The Morgan fingerprint density at radius 1 is 1.08 bits per heavy atom. The Bertz CT molecular complexity index is 1390. The second-order valence-corrected chi connectivity index (χ2v) is 9.10. The number of carbonyl (C=O) groups is 1. The third-order valence-corrected chi connectivity index (χ3v) is 6.44. The third kappa shape index (κ3) is 6.24. The van der Waals surface area contributed by atoms with Crippen LogP contribution in [0.2, 0.25) is 0 Å². The fourth-order valence-electron chi connectivity index (χ4n) is 3.78. The Morgan fingerprint density at radius 3 is 2.68 bits per heavy atom. The molecule has 4 aromatic rings. The van der Waals surface area contributed by atoms with Gasteiger partial charge in [-0.15, -0.1) is 11.3 Å². The van der Waals surface area contributed by atoms with Crippen molar-refractivity contribution < 1.29 is 22.7 Å². The predicted molar refractivity (Wildman–Crippen MR) is 136 cm³/mol. The summed E-state index contributed by atoms with van der Waals surface area (Å²) in [7, 11) is 0. The molecule has 37 heavy (non-hydrogen) atoms. The maximum atomic E-state index is 12.4. The van der Waals surface area contributed by atoms with Crippen molar-refractivity contribution in [3.8, 4) is 11.1 Å². The lowest BCUT2D eigenvalue weighted by atomic mass is 10.1. The molecule has 0 atom stereocenters. The number of fused-ring (bicyclic) bond motifs is 1. The van der Waals surface area contributed by atoms with Gasteiger partial charge < -0.3 is 25.6 Å².